The summed E-state index contributed by atoms with van der Waals surface area (Å²) in [6, 6.07) is 3.84. The first kappa shape index (κ1) is 14.1. The third-order valence-electron chi connectivity index (χ3n) is 2.68. The molecule has 0 unspecified atom stereocenters. The molecular formula is C13H9F3O4. The molecule has 7 heteroatoms. The Labute approximate surface area is 110 Å². The van der Waals surface area contributed by atoms with Crippen molar-refractivity contribution in [1.82, 2.24) is 0 Å². The minimum atomic E-state index is -4.78. The molecule has 4 nitrogen and oxygen atoms in total. The molecule has 1 aromatic heterocycles. The Morgan fingerprint density at radius 1 is 1.30 bits per heavy atom. The fourth-order valence-electron chi connectivity index (χ4n) is 1.89. The molecule has 0 N–H and O–H groups in total. The predicted molar refractivity (Wildman–Crippen MR) is 63.5 cm³/mol. The summed E-state index contributed by atoms with van der Waals surface area (Å²) in [5.41, 5.74) is -3.09. The number of aryl methyl sites for hydroxylation is 1. The van der Waals surface area contributed by atoms with Crippen molar-refractivity contribution < 1.29 is 27.1 Å². The van der Waals surface area contributed by atoms with Crippen LogP contribution in [0.15, 0.2) is 27.4 Å². The zero-order valence-corrected chi connectivity index (χ0v) is 10.5. The summed E-state index contributed by atoms with van der Waals surface area (Å²) in [4.78, 5) is 22.2. The zero-order chi connectivity index (χ0) is 15.1. The van der Waals surface area contributed by atoms with E-state index in [0.717, 1.165) is 0 Å². The highest BCUT2D eigenvalue weighted by molar-refractivity contribution is 5.83. The molecule has 0 radical (unpaired) electrons. The van der Waals surface area contributed by atoms with Crippen LogP contribution in [-0.4, -0.2) is 5.97 Å². The molecule has 0 fully saturated rings. The Bertz CT molecular complexity index is 744. The van der Waals surface area contributed by atoms with Crippen molar-refractivity contribution in [3.63, 3.8) is 0 Å². The third-order valence-corrected chi connectivity index (χ3v) is 2.68. The smallest absolute Gasteiger partial charge is 0.423 e. The number of fused-ring (bicyclic) bond motifs is 1. The molecule has 20 heavy (non-hydrogen) atoms. The van der Waals surface area contributed by atoms with Gasteiger partial charge in [-0.2, -0.15) is 13.2 Å². The van der Waals surface area contributed by atoms with Gasteiger partial charge in [0.05, 0.1) is 0 Å². The number of rotatable bonds is 1. The monoisotopic (exact) mass is 286 g/mol. The highest BCUT2D eigenvalue weighted by Gasteiger charge is 2.37. The summed E-state index contributed by atoms with van der Waals surface area (Å²) in [6.07, 6.45) is -4.78. The fourth-order valence-corrected chi connectivity index (χ4v) is 1.89. The quantitative estimate of drug-likeness (QED) is 0.459. The number of carbonyl (C=O) groups excluding carboxylic acids is 1. The maximum Gasteiger partial charge on any atom is 0.423 e. The normalized spacial score (nSPS) is 11.7. The maximum absolute atomic E-state index is 12.8. The van der Waals surface area contributed by atoms with Gasteiger partial charge in [0.2, 0.25) is 0 Å². The van der Waals surface area contributed by atoms with Crippen molar-refractivity contribution in [1.29, 1.82) is 0 Å². The molecule has 0 aliphatic rings. The van der Waals surface area contributed by atoms with Gasteiger partial charge >= 0.3 is 17.8 Å². The molecule has 2 rings (SSSR count). The van der Waals surface area contributed by atoms with Crippen LogP contribution in [0.25, 0.3) is 11.0 Å². The van der Waals surface area contributed by atoms with Crippen LogP contribution in [0.1, 0.15) is 18.1 Å². The summed E-state index contributed by atoms with van der Waals surface area (Å²) >= 11 is 0. The number of hydrogen-bond donors (Lipinski definition) is 0. The maximum atomic E-state index is 12.8. The van der Waals surface area contributed by atoms with Gasteiger partial charge in [0.25, 0.3) is 0 Å². The molecule has 0 aliphatic carbocycles. The standard InChI is InChI=1S/C13H9F3O4/c1-6-9-4-3-8(19-7(2)17)5-10(9)20-12(18)11(6)13(14,15)16/h3-5H,1-2H3. The van der Waals surface area contributed by atoms with E-state index in [-0.39, 0.29) is 22.3 Å². The van der Waals surface area contributed by atoms with Crippen molar-refractivity contribution in [2.75, 3.05) is 0 Å². The van der Waals surface area contributed by atoms with Crippen molar-refractivity contribution in [3.05, 3.63) is 39.7 Å². The lowest BCUT2D eigenvalue weighted by Gasteiger charge is -2.11. The SMILES string of the molecule is CC(=O)Oc1ccc2c(C)c(C(F)(F)F)c(=O)oc2c1. The summed E-state index contributed by atoms with van der Waals surface area (Å²) in [5, 5.41) is 0.132. The van der Waals surface area contributed by atoms with Crippen LogP contribution < -0.4 is 10.4 Å². The molecule has 0 saturated heterocycles. The van der Waals surface area contributed by atoms with Crippen LogP contribution in [0.2, 0.25) is 0 Å². The lowest BCUT2D eigenvalue weighted by Crippen LogP contribution is -2.20. The van der Waals surface area contributed by atoms with E-state index in [1.165, 1.54) is 32.0 Å². The van der Waals surface area contributed by atoms with Crippen molar-refractivity contribution in [3.8, 4) is 5.75 Å². The van der Waals surface area contributed by atoms with E-state index >= 15 is 0 Å². The fraction of sp³-hybridized carbons (Fsp3) is 0.231. The molecule has 1 aromatic carbocycles. The second-order valence-electron chi connectivity index (χ2n) is 4.14. The third kappa shape index (κ3) is 2.52. The summed E-state index contributed by atoms with van der Waals surface area (Å²) in [6.45, 7) is 2.37. The summed E-state index contributed by atoms with van der Waals surface area (Å²) in [7, 11) is 0. The van der Waals surface area contributed by atoms with E-state index in [1.54, 1.807) is 0 Å². The first-order valence-electron chi connectivity index (χ1n) is 5.53. The number of alkyl halides is 3. The van der Waals surface area contributed by atoms with Crippen molar-refractivity contribution >= 4 is 16.9 Å². The number of ether oxygens (including phenoxy) is 1. The second-order valence-corrected chi connectivity index (χ2v) is 4.14. The van der Waals surface area contributed by atoms with Crippen LogP contribution in [-0.2, 0) is 11.0 Å². The van der Waals surface area contributed by atoms with E-state index < -0.39 is 23.3 Å². The number of esters is 1. The lowest BCUT2D eigenvalue weighted by atomic mass is 10.1. The Hall–Kier alpha value is -2.31. The largest absolute Gasteiger partial charge is 0.427 e. The second kappa shape index (κ2) is 4.66. The van der Waals surface area contributed by atoms with E-state index in [0.29, 0.717) is 0 Å². The van der Waals surface area contributed by atoms with Gasteiger partial charge in [0, 0.05) is 18.4 Å². The number of hydrogen-bond acceptors (Lipinski definition) is 4. The lowest BCUT2D eigenvalue weighted by molar-refractivity contribution is -0.140. The van der Waals surface area contributed by atoms with Crippen molar-refractivity contribution in [2.45, 2.75) is 20.0 Å². The van der Waals surface area contributed by atoms with Crippen LogP contribution in [0.3, 0.4) is 0 Å². The van der Waals surface area contributed by atoms with Crippen LogP contribution in [0.5, 0.6) is 5.75 Å². The van der Waals surface area contributed by atoms with Gasteiger partial charge in [-0.3, -0.25) is 4.79 Å². The van der Waals surface area contributed by atoms with Gasteiger partial charge in [0.15, 0.2) is 0 Å². The number of carbonyl (C=O) groups is 1. The molecule has 0 spiro atoms. The Morgan fingerprint density at radius 3 is 2.50 bits per heavy atom. The number of halogens is 3. The zero-order valence-electron chi connectivity index (χ0n) is 10.5. The first-order chi connectivity index (χ1) is 9.20. The van der Waals surface area contributed by atoms with Gasteiger partial charge < -0.3 is 9.15 Å². The van der Waals surface area contributed by atoms with Gasteiger partial charge in [-0.25, -0.2) is 4.79 Å². The van der Waals surface area contributed by atoms with Gasteiger partial charge in [0.1, 0.15) is 16.9 Å². The molecule has 106 valence electrons. The van der Waals surface area contributed by atoms with Gasteiger partial charge in [-0.15, -0.1) is 0 Å². The molecule has 2 aromatic rings. The molecule has 0 bridgehead atoms. The predicted octanol–water partition coefficient (Wildman–Crippen LogP) is 3.05. The number of benzene rings is 1. The highest BCUT2D eigenvalue weighted by atomic mass is 19.4. The molecule has 0 atom stereocenters. The van der Waals surface area contributed by atoms with E-state index in [9.17, 15) is 22.8 Å². The minimum absolute atomic E-state index is 0.0701. The Kier molecular flexibility index (Phi) is 3.29. The Balaban J connectivity index is 2.70. The minimum Gasteiger partial charge on any atom is -0.427 e. The van der Waals surface area contributed by atoms with Gasteiger partial charge in [-0.1, -0.05) is 0 Å². The van der Waals surface area contributed by atoms with Crippen LogP contribution in [0.4, 0.5) is 13.2 Å². The van der Waals surface area contributed by atoms with E-state index in [1.807, 2.05) is 0 Å². The first-order valence-corrected chi connectivity index (χ1v) is 5.53. The summed E-state index contributed by atoms with van der Waals surface area (Å²) < 4.78 is 47.7. The topological polar surface area (TPSA) is 56.5 Å². The van der Waals surface area contributed by atoms with E-state index in [4.69, 9.17) is 4.74 Å². The van der Waals surface area contributed by atoms with Crippen LogP contribution >= 0.6 is 0 Å². The average molecular weight is 286 g/mol. The molecule has 0 saturated carbocycles. The summed E-state index contributed by atoms with van der Waals surface area (Å²) in [5.74, 6) is -0.498. The average Bonchev–Trinajstić information content (AvgIpc) is 2.25. The molecule has 1 heterocycles. The Morgan fingerprint density at radius 2 is 1.95 bits per heavy atom. The molecule has 0 aliphatic heterocycles. The highest BCUT2D eigenvalue weighted by Crippen LogP contribution is 2.33. The van der Waals surface area contributed by atoms with Gasteiger partial charge in [-0.05, 0) is 24.6 Å². The van der Waals surface area contributed by atoms with Crippen LogP contribution in [0, 0.1) is 6.92 Å². The van der Waals surface area contributed by atoms with E-state index in [2.05, 4.69) is 4.42 Å². The molecular weight excluding hydrogens is 277 g/mol. The molecule has 0 amide bonds. The van der Waals surface area contributed by atoms with Crippen molar-refractivity contribution in [2.24, 2.45) is 0 Å².